The maximum Gasteiger partial charge on any atom is 0.303 e. The summed E-state index contributed by atoms with van der Waals surface area (Å²) in [6, 6.07) is 18.2. The molecule has 0 unspecified atom stereocenters. The average molecular weight is 364 g/mol. The van der Waals surface area contributed by atoms with Gasteiger partial charge in [0, 0.05) is 32.6 Å². The van der Waals surface area contributed by atoms with Crippen molar-refractivity contribution in [2.75, 3.05) is 32.7 Å². The monoisotopic (exact) mass is 364 g/mol. The Hall–Kier alpha value is -2.17. The number of hydrogen-bond donors (Lipinski definition) is 1. The summed E-state index contributed by atoms with van der Waals surface area (Å²) < 4.78 is 0. The van der Waals surface area contributed by atoms with E-state index in [1.165, 1.54) is 22.3 Å². The number of aryl methyl sites for hydroxylation is 2. The van der Waals surface area contributed by atoms with Crippen LogP contribution in [-0.2, 0) is 17.6 Å². The van der Waals surface area contributed by atoms with Crippen LogP contribution in [0.3, 0.4) is 0 Å². The van der Waals surface area contributed by atoms with E-state index in [1.807, 2.05) is 0 Å². The molecule has 1 aliphatic heterocycles. The Morgan fingerprint density at radius 1 is 0.889 bits per heavy atom. The number of aliphatic carboxylic acids is 1. The van der Waals surface area contributed by atoms with Gasteiger partial charge in [0.2, 0.25) is 0 Å². The van der Waals surface area contributed by atoms with Crippen LogP contribution in [-0.4, -0.2) is 53.6 Å². The van der Waals surface area contributed by atoms with Crippen LogP contribution in [0.4, 0.5) is 0 Å². The van der Waals surface area contributed by atoms with Crippen LogP contribution in [0.5, 0.6) is 0 Å². The lowest BCUT2D eigenvalue weighted by Gasteiger charge is -2.40. The van der Waals surface area contributed by atoms with Crippen LogP contribution < -0.4 is 0 Å². The highest BCUT2D eigenvalue weighted by atomic mass is 16.4. The molecule has 27 heavy (non-hydrogen) atoms. The number of benzene rings is 2. The number of nitrogens with zero attached hydrogens (tertiary/aromatic N) is 2. The second-order valence-electron chi connectivity index (χ2n) is 7.68. The van der Waals surface area contributed by atoms with E-state index in [4.69, 9.17) is 5.11 Å². The molecule has 1 N–H and O–H groups in total. The van der Waals surface area contributed by atoms with E-state index in [-0.39, 0.29) is 6.42 Å². The van der Waals surface area contributed by atoms with Gasteiger partial charge in [-0.1, -0.05) is 48.5 Å². The summed E-state index contributed by atoms with van der Waals surface area (Å²) in [5.74, 6) is -0.694. The van der Waals surface area contributed by atoms with E-state index < -0.39 is 5.97 Å². The highest BCUT2D eigenvalue weighted by molar-refractivity contribution is 5.66. The fraction of sp³-hybridized carbons (Fsp3) is 0.435. The van der Waals surface area contributed by atoms with Gasteiger partial charge in [0.05, 0.1) is 6.04 Å². The fourth-order valence-electron chi connectivity index (χ4n) is 4.59. The molecular formula is C23H28N2O2. The molecule has 0 spiro atoms. The summed E-state index contributed by atoms with van der Waals surface area (Å²) >= 11 is 0. The molecular weight excluding hydrogens is 336 g/mol. The van der Waals surface area contributed by atoms with E-state index in [9.17, 15) is 4.79 Å². The Morgan fingerprint density at radius 3 is 2.00 bits per heavy atom. The normalized spacial score (nSPS) is 18.5. The first-order valence-corrected chi connectivity index (χ1v) is 10.1. The summed E-state index contributed by atoms with van der Waals surface area (Å²) in [5.41, 5.74) is 5.87. The molecule has 1 aliphatic carbocycles. The zero-order chi connectivity index (χ0) is 18.6. The molecule has 4 rings (SSSR count). The Balaban J connectivity index is 1.53. The molecule has 0 amide bonds. The quantitative estimate of drug-likeness (QED) is 0.884. The van der Waals surface area contributed by atoms with Gasteiger partial charge in [-0.05, 0) is 48.1 Å². The van der Waals surface area contributed by atoms with Gasteiger partial charge in [0.25, 0.3) is 0 Å². The lowest BCUT2D eigenvalue weighted by Crippen LogP contribution is -2.48. The number of fused-ring (bicyclic) bond motifs is 2. The van der Waals surface area contributed by atoms with Crippen molar-refractivity contribution in [3.8, 4) is 0 Å². The zero-order valence-corrected chi connectivity index (χ0v) is 15.8. The molecule has 4 heteroatoms. The Labute approximate surface area is 161 Å². The minimum atomic E-state index is -0.694. The third kappa shape index (κ3) is 4.07. The first-order chi connectivity index (χ1) is 13.2. The molecule has 1 saturated heterocycles. The SMILES string of the molecule is O=C(O)CCCN1CCN(C2c3ccccc3CCc3ccccc32)CC1. The Morgan fingerprint density at radius 2 is 1.44 bits per heavy atom. The highest BCUT2D eigenvalue weighted by Gasteiger charge is 2.30. The molecule has 2 aliphatic rings. The van der Waals surface area contributed by atoms with E-state index in [0.717, 1.165) is 52.0 Å². The van der Waals surface area contributed by atoms with Crippen molar-refractivity contribution in [1.29, 1.82) is 0 Å². The average Bonchev–Trinajstić information content (AvgIpc) is 2.85. The van der Waals surface area contributed by atoms with Crippen LogP contribution in [0.1, 0.15) is 41.1 Å². The smallest absolute Gasteiger partial charge is 0.303 e. The largest absolute Gasteiger partial charge is 0.481 e. The lowest BCUT2D eigenvalue weighted by atomic mass is 9.92. The van der Waals surface area contributed by atoms with Crippen LogP contribution in [0.15, 0.2) is 48.5 Å². The number of carbonyl (C=O) groups is 1. The van der Waals surface area contributed by atoms with Crippen molar-refractivity contribution in [1.82, 2.24) is 9.80 Å². The van der Waals surface area contributed by atoms with Gasteiger partial charge in [-0.3, -0.25) is 9.69 Å². The second-order valence-corrected chi connectivity index (χ2v) is 7.68. The Bertz CT molecular complexity index is 749. The maximum absolute atomic E-state index is 10.7. The molecule has 2 aromatic carbocycles. The fourth-order valence-corrected chi connectivity index (χ4v) is 4.59. The molecule has 0 radical (unpaired) electrons. The molecule has 0 bridgehead atoms. The van der Waals surface area contributed by atoms with Crippen LogP contribution in [0.2, 0.25) is 0 Å². The standard InChI is InChI=1S/C23H28N2O2/c26-22(27)10-5-13-24-14-16-25(17-15-24)23-20-8-3-1-6-18(20)11-12-19-7-2-4-9-21(19)23/h1-4,6-9,23H,5,10-17H2,(H,26,27). The molecule has 1 heterocycles. The highest BCUT2D eigenvalue weighted by Crippen LogP contribution is 2.37. The topological polar surface area (TPSA) is 43.8 Å². The van der Waals surface area contributed by atoms with Crippen LogP contribution in [0, 0.1) is 0 Å². The van der Waals surface area contributed by atoms with Gasteiger partial charge in [-0.15, -0.1) is 0 Å². The van der Waals surface area contributed by atoms with Gasteiger partial charge >= 0.3 is 5.97 Å². The third-order valence-electron chi connectivity index (χ3n) is 6.00. The minimum absolute atomic E-state index is 0.267. The lowest BCUT2D eigenvalue weighted by molar-refractivity contribution is -0.137. The van der Waals surface area contributed by atoms with E-state index in [1.54, 1.807) is 0 Å². The predicted octanol–water partition coefficient (Wildman–Crippen LogP) is 3.36. The van der Waals surface area contributed by atoms with Crippen molar-refractivity contribution in [2.45, 2.75) is 31.7 Å². The summed E-state index contributed by atoms with van der Waals surface area (Å²) in [5, 5.41) is 8.84. The van der Waals surface area contributed by atoms with Gasteiger partial charge in [-0.2, -0.15) is 0 Å². The number of hydrogen-bond acceptors (Lipinski definition) is 3. The van der Waals surface area contributed by atoms with Crippen molar-refractivity contribution < 1.29 is 9.90 Å². The molecule has 0 aromatic heterocycles. The van der Waals surface area contributed by atoms with Crippen molar-refractivity contribution >= 4 is 5.97 Å². The Kier molecular flexibility index (Phi) is 5.55. The van der Waals surface area contributed by atoms with Gasteiger partial charge in [0.15, 0.2) is 0 Å². The third-order valence-corrected chi connectivity index (χ3v) is 6.00. The van der Waals surface area contributed by atoms with E-state index >= 15 is 0 Å². The molecule has 4 nitrogen and oxygen atoms in total. The number of carboxylic acid groups (broad SMARTS) is 1. The first kappa shape index (κ1) is 18.2. The summed E-state index contributed by atoms with van der Waals surface area (Å²) in [6.07, 6.45) is 3.23. The van der Waals surface area contributed by atoms with Crippen molar-refractivity contribution in [3.63, 3.8) is 0 Å². The molecule has 2 aromatic rings. The number of rotatable bonds is 5. The number of piperazine rings is 1. The van der Waals surface area contributed by atoms with E-state index in [2.05, 4.69) is 58.3 Å². The first-order valence-electron chi connectivity index (χ1n) is 10.1. The van der Waals surface area contributed by atoms with Gasteiger partial charge in [-0.25, -0.2) is 0 Å². The minimum Gasteiger partial charge on any atom is -0.481 e. The van der Waals surface area contributed by atoms with Crippen molar-refractivity contribution in [2.24, 2.45) is 0 Å². The van der Waals surface area contributed by atoms with Crippen LogP contribution in [0.25, 0.3) is 0 Å². The molecule has 142 valence electrons. The number of carboxylic acids is 1. The molecule has 0 atom stereocenters. The predicted molar refractivity (Wildman–Crippen MR) is 107 cm³/mol. The second kappa shape index (κ2) is 8.24. The van der Waals surface area contributed by atoms with Crippen LogP contribution >= 0.6 is 0 Å². The summed E-state index contributed by atoms with van der Waals surface area (Å²) in [4.78, 5) is 15.8. The molecule has 0 saturated carbocycles. The van der Waals surface area contributed by atoms with E-state index in [0.29, 0.717) is 6.04 Å². The van der Waals surface area contributed by atoms with Gasteiger partial charge < -0.3 is 10.0 Å². The zero-order valence-electron chi connectivity index (χ0n) is 15.8. The van der Waals surface area contributed by atoms with Crippen molar-refractivity contribution in [3.05, 3.63) is 70.8 Å². The summed E-state index contributed by atoms with van der Waals surface area (Å²) in [7, 11) is 0. The van der Waals surface area contributed by atoms with Gasteiger partial charge in [0.1, 0.15) is 0 Å². The maximum atomic E-state index is 10.7. The molecule has 1 fully saturated rings. The summed E-state index contributed by atoms with van der Waals surface area (Å²) in [6.45, 7) is 4.97.